The fourth-order valence-corrected chi connectivity index (χ4v) is 4.67. The van der Waals surface area contributed by atoms with Crippen molar-refractivity contribution in [3.63, 3.8) is 0 Å². The van der Waals surface area contributed by atoms with Crippen LogP contribution in [-0.2, 0) is 0 Å². The van der Waals surface area contributed by atoms with Crippen LogP contribution in [0.1, 0.15) is 0 Å². The second kappa shape index (κ2) is 5.71. The molecule has 0 atom stereocenters. The minimum absolute atomic E-state index is 0.925. The third-order valence-electron chi connectivity index (χ3n) is 6.05. The highest BCUT2D eigenvalue weighted by Gasteiger charge is 2.16. The quantitative estimate of drug-likeness (QED) is 0.299. The summed E-state index contributed by atoms with van der Waals surface area (Å²) in [4.78, 5) is 4.25. The second-order valence-corrected chi connectivity index (χ2v) is 7.72. The lowest BCUT2D eigenvalue weighted by Crippen LogP contribution is -1.93. The summed E-state index contributed by atoms with van der Waals surface area (Å²) in [6.45, 7) is 0. The van der Waals surface area contributed by atoms with Crippen molar-refractivity contribution >= 4 is 54.5 Å². The van der Waals surface area contributed by atoms with E-state index in [1.165, 1.54) is 27.2 Å². The Morgan fingerprint density at radius 2 is 1.47 bits per heavy atom. The number of rotatable bonds is 1. The molecular formula is C27H16N2O. The molecule has 4 aromatic carbocycles. The van der Waals surface area contributed by atoms with E-state index in [0.717, 1.165) is 33.0 Å². The molecule has 0 unspecified atom stereocenters. The molecule has 30 heavy (non-hydrogen) atoms. The third kappa shape index (κ3) is 2.06. The van der Waals surface area contributed by atoms with Crippen LogP contribution in [0.4, 0.5) is 0 Å². The summed E-state index contributed by atoms with van der Waals surface area (Å²) in [7, 11) is 0. The molecule has 3 aromatic heterocycles. The van der Waals surface area contributed by atoms with Crippen LogP contribution in [0.3, 0.4) is 0 Å². The molecule has 0 spiro atoms. The van der Waals surface area contributed by atoms with Gasteiger partial charge in [0.1, 0.15) is 11.2 Å². The molecule has 0 N–H and O–H groups in total. The highest BCUT2D eigenvalue weighted by atomic mass is 16.3. The van der Waals surface area contributed by atoms with Crippen molar-refractivity contribution in [2.24, 2.45) is 0 Å². The van der Waals surface area contributed by atoms with Gasteiger partial charge in [0.05, 0.1) is 11.0 Å². The molecule has 3 heteroatoms. The molecule has 140 valence electrons. The van der Waals surface area contributed by atoms with Gasteiger partial charge in [-0.2, -0.15) is 0 Å². The van der Waals surface area contributed by atoms with Gasteiger partial charge in [0.15, 0.2) is 0 Å². The Morgan fingerprint density at radius 1 is 0.600 bits per heavy atom. The molecular weight excluding hydrogens is 368 g/mol. The summed E-state index contributed by atoms with van der Waals surface area (Å²) in [5.41, 5.74) is 5.37. The van der Waals surface area contributed by atoms with Gasteiger partial charge in [-0.15, -0.1) is 0 Å². The largest absolute Gasteiger partial charge is 0.456 e. The average Bonchev–Trinajstić information content (AvgIpc) is 3.32. The van der Waals surface area contributed by atoms with Crippen LogP contribution in [0.2, 0.25) is 0 Å². The van der Waals surface area contributed by atoms with Crippen LogP contribution < -0.4 is 0 Å². The van der Waals surface area contributed by atoms with Crippen molar-refractivity contribution in [1.82, 2.24) is 9.55 Å². The van der Waals surface area contributed by atoms with E-state index in [-0.39, 0.29) is 0 Å². The molecule has 3 heterocycles. The standard InChI is InChI=1S/C27H16N2O/c1-3-7-24-20(5-1)22-15-27-23(21-6-2-4-8-26(21)30-27)14-25(22)29(24)19-10-9-18-16-28-12-11-17(18)13-19/h1-16H. The van der Waals surface area contributed by atoms with E-state index in [0.29, 0.717) is 0 Å². The van der Waals surface area contributed by atoms with Crippen molar-refractivity contribution in [3.8, 4) is 5.69 Å². The van der Waals surface area contributed by atoms with E-state index < -0.39 is 0 Å². The first-order valence-electron chi connectivity index (χ1n) is 10.1. The summed E-state index contributed by atoms with van der Waals surface area (Å²) in [6.07, 6.45) is 3.76. The monoisotopic (exact) mass is 384 g/mol. The first kappa shape index (κ1) is 15.8. The first-order valence-corrected chi connectivity index (χ1v) is 10.1. The Labute approximate surface area is 171 Å². The first-order chi connectivity index (χ1) is 14.9. The number of hydrogen-bond donors (Lipinski definition) is 0. The summed E-state index contributed by atoms with van der Waals surface area (Å²) in [5, 5.41) is 7.05. The maximum atomic E-state index is 6.17. The Bertz CT molecular complexity index is 1750. The molecule has 0 amide bonds. The lowest BCUT2D eigenvalue weighted by molar-refractivity contribution is 0.669. The van der Waals surface area contributed by atoms with Crippen molar-refractivity contribution < 1.29 is 4.42 Å². The molecule has 0 bridgehead atoms. The van der Waals surface area contributed by atoms with Crippen LogP contribution >= 0.6 is 0 Å². The number of nitrogens with zero attached hydrogens (tertiary/aromatic N) is 2. The van der Waals surface area contributed by atoms with Crippen LogP contribution in [0.15, 0.2) is 102 Å². The lowest BCUT2D eigenvalue weighted by Gasteiger charge is -2.09. The molecule has 0 fully saturated rings. The van der Waals surface area contributed by atoms with Gasteiger partial charge in [-0.1, -0.05) is 42.5 Å². The van der Waals surface area contributed by atoms with Gasteiger partial charge in [-0.25, -0.2) is 0 Å². The third-order valence-corrected chi connectivity index (χ3v) is 6.05. The van der Waals surface area contributed by atoms with Crippen LogP contribution in [-0.4, -0.2) is 9.55 Å². The average molecular weight is 384 g/mol. The predicted molar refractivity (Wildman–Crippen MR) is 123 cm³/mol. The summed E-state index contributed by atoms with van der Waals surface area (Å²) < 4.78 is 8.52. The topological polar surface area (TPSA) is 31.0 Å². The van der Waals surface area contributed by atoms with Crippen LogP contribution in [0.25, 0.3) is 60.2 Å². The molecule has 0 aliphatic carbocycles. The Hall–Kier alpha value is -4.11. The minimum atomic E-state index is 0.925. The van der Waals surface area contributed by atoms with Crippen molar-refractivity contribution in [2.45, 2.75) is 0 Å². The zero-order chi connectivity index (χ0) is 19.7. The second-order valence-electron chi connectivity index (χ2n) is 7.72. The van der Waals surface area contributed by atoms with Crippen molar-refractivity contribution in [3.05, 3.63) is 97.3 Å². The normalized spacial score (nSPS) is 12.0. The highest BCUT2D eigenvalue weighted by molar-refractivity contribution is 6.17. The number of aromatic nitrogens is 2. The smallest absolute Gasteiger partial charge is 0.136 e. The van der Waals surface area contributed by atoms with Crippen LogP contribution in [0, 0.1) is 0 Å². The Kier molecular flexibility index (Phi) is 3.00. The number of furan rings is 1. The van der Waals surface area contributed by atoms with Gasteiger partial charge in [-0.05, 0) is 47.9 Å². The number of para-hydroxylation sites is 2. The predicted octanol–water partition coefficient (Wildman–Crippen LogP) is 7.23. The molecule has 0 saturated heterocycles. The molecule has 0 radical (unpaired) electrons. The molecule has 0 saturated carbocycles. The SMILES string of the molecule is c1ccc2c(c1)oc1cc3c4ccccc4n(-c4ccc5cnccc5c4)c3cc12. The number of benzene rings is 4. The van der Waals surface area contributed by atoms with Gasteiger partial charge in [0.25, 0.3) is 0 Å². The van der Waals surface area contributed by atoms with E-state index in [2.05, 4.69) is 82.3 Å². The Balaban J connectivity index is 1.66. The summed E-state index contributed by atoms with van der Waals surface area (Å²) >= 11 is 0. The van der Waals surface area contributed by atoms with E-state index in [9.17, 15) is 0 Å². The van der Waals surface area contributed by atoms with Crippen molar-refractivity contribution in [2.75, 3.05) is 0 Å². The zero-order valence-corrected chi connectivity index (χ0v) is 16.0. The molecule has 7 aromatic rings. The zero-order valence-electron chi connectivity index (χ0n) is 16.0. The van der Waals surface area contributed by atoms with Crippen LogP contribution in [0.5, 0.6) is 0 Å². The number of fused-ring (bicyclic) bond motifs is 7. The summed E-state index contributed by atoms with van der Waals surface area (Å²) in [5.74, 6) is 0. The van der Waals surface area contributed by atoms with Gasteiger partial charge < -0.3 is 8.98 Å². The lowest BCUT2D eigenvalue weighted by atomic mass is 10.1. The van der Waals surface area contributed by atoms with Crippen molar-refractivity contribution in [1.29, 1.82) is 0 Å². The highest BCUT2D eigenvalue weighted by Crippen LogP contribution is 2.38. The summed E-state index contributed by atoms with van der Waals surface area (Å²) in [6, 6.07) is 29.9. The van der Waals surface area contributed by atoms with Gasteiger partial charge in [0, 0.05) is 45.0 Å². The minimum Gasteiger partial charge on any atom is -0.456 e. The van der Waals surface area contributed by atoms with Gasteiger partial charge >= 0.3 is 0 Å². The maximum absolute atomic E-state index is 6.17. The molecule has 7 rings (SSSR count). The molecule has 3 nitrogen and oxygen atoms in total. The fourth-order valence-electron chi connectivity index (χ4n) is 4.67. The van der Waals surface area contributed by atoms with E-state index >= 15 is 0 Å². The molecule has 0 aliphatic rings. The van der Waals surface area contributed by atoms with Gasteiger partial charge in [-0.3, -0.25) is 4.98 Å². The number of hydrogen-bond acceptors (Lipinski definition) is 2. The number of pyridine rings is 1. The van der Waals surface area contributed by atoms with E-state index in [4.69, 9.17) is 4.42 Å². The van der Waals surface area contributed by atoms with E-state index in [1.807, 2.05) is 24.5 Å². The van der Waals surface area contributed by atoms with Gasteiger partial charge in [0.2, 0.25) is 0 Å². The molecule has 0 aliphatic heterocycles. The Morgan fingerprint density at radius 3 is 2.43 bits per heavy atom. The fraction of sp³-hybridized carbons (Fsp3) is 0. The maximum Gasteiger partial charge on any atom is 0.136 e. The van der Waals surface area contributed by atoms with E-state index in [1.54, 1.807) is 0 Å².